The minimum absolute atomic E-state index is 0.00633. The number of amides is 2. The lowest BCUT2D eigenvalue weighted by Crippen LogP contribution is -2.58. The van der Waals surface area contributed by atoms with Gasteiger partial charge in [0.25, 0.3) is 0 Å². The highest BCUT2D eigenvalue weighted by Gasteiger charge is 2.54. The normalized spacial score (nSPS) is 40.8. The molecule has 3 fully saturated rings. The Kier molecular flexibility index (Phi) is 6.16. The van der Waals surface area contributed by atoms with Crippen molar-refractivity contribution in [3.63, 3.8) is 0 Å². The van der Waals surface area contributed by atoms with Gasteiger partial charge in [0.2, 0.25) is 11.8 Å². The van der Waals surface area contributed by atoms with Crippen molar-refractivity contribution in [2.75, 3.05) is 26.3 Å². The van der Waals surface area contributed by atoms with Crippen LogP contribution in [0.1, 0.15) is 53.4 Å². The van der Waals surface area contributed by atoms with E-state index in [0.29, 0.717) is 26.3 Å². The van der Waals surface area contributed by atoms with Crippen molar-refractivity contribution in [3.8, 4) is 0 Å². The summed E-state index contributed by atoms with van der Waals surface area (Å²) < 4.78 is 5.36. The van der Waals surface area contributed by atoms with Crippen LogP contribution in [0.25, 0.3) is 0 Å². The molecule has 0 unspecified atom stereocenters. The minimum atomic E-state index is -0.504. The number of morpholine rings is 1. The number of aliphatic hydroxyl groups excluding tert-OH is 1. The van der Waals surface area contributed by atoms with Crippen molar-refractivity contribution < 1.29 is 19.4 Å². The summed E-state index contributed by atoms with van der Waals surface area (Å²) in [6.45, 7) is 10.5. The van der Waals surface area contributed by atoms with Gasteiger partial charge in [0.1, 0.15) is 0 Å². The predicted octanol–water partition coefficient (Wildman–Crippen LogP) is 1.81. The Morgan fingerprint density at radius 3 is 2.48 bits per heavy atom. The van der Waals surface area contributed by atoms with Gasteiger partial charge in [-0.15, -0.1) is 0 Å². The summed E-state index contributed by atoms with van der Waals surface area (Å²) in [6.07, 6.45) is 3.41. The smallest absolute Gasteiger partial charge is 0.225 e. The van der Waals surface area contributed by atoms with Gasteiger partial charge in [0.15, 0.2) is 0 Å². The molecule has 0 aromatic carbocycles. The Labute approximate surface area is 163 Å². The molecule has 2 aliphatic carbocycles. The molecule has 3 rings (SSSR count). The van der Waals surface area contributed by atoms with Crippen LogP contribution in [0.4, 0.5) is 0 Å². The molecule has 3 aliphatic rings. The number of carbonyl (C=O) groups excluding carboxylic acids is 2. The van der Waals surface area contributed by atoms with Crippen LogP contribution in [0.3, 0.4) is 0 Å². The van der Waals surface area contributed by atoms with Crippen molar-refractivity contribution >= 4 is 11.8 Å². The molecule has 7 atom stereocenters. The second-order valence-corrected chi connectivity index (χ2v) is 9.30. The molecule has 6 heteroatoms. The number of fused-ring (bicyclic) bond motifs is 1. The Morgan fingerprint density at radius 1 is 1.22 bits per heavy atom. The lowest BCUT2D eigenvalue weighted by molar-refractivity contribution is -0.153. The van der Waals surface area contributed by atoms with Crippen LogP contribution in [-0.4, -0.2) is 60.3 Å². The molecule has 1 aliphatic heterocycles. The van der Waals surface area contributed by atoms with Gasteiger partial charge in [0.05, 0.1) is 19.3 Å². The van der Waals surface area contributed by atoms with Crippen LogP contribution in [0.5, 0.6) is 0 Å². The second kappa shape index (κ2) is 8.08. The van der Waals surface area contributed by atoms with Gasteiger partial charge in [0, 0.05) is 32.0 Å². The highest BCUT2D eigenvalue weighted by molar-refractivity contribution is 5.79. The molecule has 2 N–H and O–H groups in total. The highest BCUT2D eigenvalue weighted by Crippen LogP contribution is 2.55. The molecule has 2 amide bonds. The first-order chi connectivity index (χ1) is 12.7. The van der Waals surface area contributed by atoms with E-state index in [1.165, 1.54) is 0 Å². The molecule has 6 nitrogen and oxygen atoms in total. The summed E-state index contributed by atoms with van der Waals surface area (Å²) in [5, 5.41) is 14.4. The lowest BCUT2D eigenvalue weighted by atomic mass is 9.51. The molecule has 1 heterocycles. The molecular weight excluding hydrogens is 344 g/mol. The summed E-state index contributed by atoms with van der Waals surface area (Å²) in [6, 6.07) is 0.110. The van der Waals surface area contributed by atoms with Crippen LogP contribution in [0.15, 0.2) is 0 Å². The SMILES string of the molecule is CC(=O)N[C@H]1CC[C@]2(C)CC[C@H]([C@H](C)C(=O)N3CCOCC3)[C@H](O)[C@H]2[C@@H]1C. The zero-order chi connectivity index (χ0) is 19.8. The number of nitrogens with one attached hydrogen (secondary N) is 1. The van der Waals surface area contributed by atoms with Crippen LogP contribution in [-0.2, 0) is 14.3 Å². The van der Waals surface area contributed by atoms with Gasteiger partial charge >= 0.3 is 0 Å². The Bertz CT molecular complexity index is 562. The average Bonchev–Trinajstić information content (AvgIpc) is 2.64. The third-order valence-electron chi connectivity index (χ3n) is 7.63. The third kappa shape index (κ3) is 4.02. The molecular formula is C21H36N2O4. The van der Waals surface area contributed by atoms with E-state index in [0.717, 1.165) is 25.7 Å². The Balaban J connectivity index is 1.74. The van der Waals surface area contributed by atoms with E-state index in [2.05, 4.69) is 19.2 Å². The van der Waals surface area contributed by atoms with Crippen LogP contribution in [0, 0.1) is 29.1 Å². The largest absolute Gasteiger partial charge is 0.392 e. The minimum Gasteiger partial charge on any atom is -0.392 e. The number of hydrogen-bond acceptors (Lipinski definition) is 4. The third-order valence-corrected chi connectivity index (χ3v) is 7.63. The predicted molar refractivity (Wildman–Crippen MR) is 103 cm³/mol. The topological polar surface area (TPSA) is 78.9 Å². The summed E-state index contributed by atoms with van der Waals surface area (Å²) in [5.41, 5.74) is 0.0893. The van der Waals surface area contributed by atoms with E-state index in [4.69, 9.17) is 4.74 Å². The first-order valence-electron chi connectivity index (χ1n) is 10.6. The lowest BCUT2D eigenvalue weighted by Gasteiger charge is -2.56. The fourth-order valence-corrected chi connectivity index (χ4v) is 6.01. The van der Waals surface area contributed by atoms with E-state index in [9.17, 15) is 14.7 Å². The maximum Gasteiger partial charge on any atom is 0.225 e. The monoisotopic (exact) mass is 380 g/mol. The first kappa shape index (κ1) is 20.6. The fourth-order valence-electron chi connectivity index (χ4n) is 6.01. The summed E-state index contributed by atoms with van der Waals surface area (Å²) in [4.78, 5) is 26.4. The van der Waals surface area contributed by atoms with E-state index in [1.807, 2.05) is 11.8 Å². The van der Waals surface area contributed by atoms with Gasteiger partial charge in [-0.05, 0) is 48.9 Å². The van der Waals surface area contributed by atoms with Crippen LogP contribution >= 0.6 is 0 Å². The Hall–Kier alpha value is -1.14. The van der Waals surface area contributed by atoms with Crippen molar-refractivity contribution in [2.24, 2.45) is 29.1 Å². The fraction of sp³-hybridized carbons (Fsp3) is 0.905. The van der Waals surface area contributed by atoms with E-state index in [1.54, 1.807) is 6.92 Å². The quantitative estimate of drug-likeness (QED) is 0.783. The van der Waals surface area contributed by atoms with E-state index >= 15 is 0 Å². The number of aliphatic hydroxyl groups is 1. The summed E-state index contributed by atoms with van der Waals surface area (Å²) in [5.74, 6) is 0.256. The molecule has 1 saturated heterocycles. The van der Waals surface area contributed by atoms with Crippen molar-refractivity contribution in [1.29, 1.82) is 0 Å². The van der Waals surface area contributed by atoms with Crippen LogP contribution < -0.4 is 5.32 Å². The van der Waals surface area contributed by atoms with Gasteiger partial charge in [-0.1, -0.05) is 20.8 Å². The van der Waals surface area contributed by atoms with Gasteiger partial charge < -0.3 is 20.1 Å². The molecule has 0 aromatic heterocycles. The Morgan fingerprint density at radius 2 is 1.85 bits per heavy atom. The highest BCUT2D eigenvalue weighted by atomic mass is 16.5. The first-order valence-corrected chi connectivity index (χ1v) is 10.6. The number of rotatable bonds is 3. The summed E-state index contributed by atoms with van der Waals surface area (Å²) >= 11 is 0. The zero-order valence-corrected chi connectivity index (χ0v) is 17.2. The number of nitrogens with zero attached hydrogens (tertiary/aromatic N) is 1. The van der Waals surface area contributed by atoms with E-state index in [-0.39, 0.29) is 46.9 Å². The molecule has 0 radical (unpaired) electrons. The molecule has 0 aromatic rings. The average molecular weight is 381 g/mol. The number of carbonyl (C=O) groups is 2. The maximum absolute atomic E-state index is 13.0. The standard InChI is InChI=1S/C21H36N2O4/c1-13(20(26)23-9-11-27-12-10-23)16-5-7-21(4)8-6-17(22-15(3)24)14(2)18(21)19(16)25/h13-14,16-19,25H,5-12H2,1-4H3,(H,22,24)/t13-,14+,16+,17-,18+,19-,21-/m0/s1. The number of ether oxygens (including phenoxy) is 1. The van der Waals surface area contributed by atoms with Crippen molar-refractivity contribution in [2.45, 2.75) is 65.5 Å². The zero-order valence-electron chi connectivity index (χ0n) is 17.2. The second-order valence-electron chi connectivity index (χ2n) is 9.30. The van der Waals surface area contributed by atoms with Crippen LogP contribution in [0.2, 0.25) is 0 Å². The van der Waals surface area contributed by atoms with Gasteiger partial charge in [-0.3, -0.25) is 9.59 Å². The van der Waals surface area contributed by atoms with Crippen molar-refractivity contribution in [1.82, 2.24) is 10.2 Å². The maximum atomic E-state index is 13.0. The summed E-state index contributed by atoms with van der Waals surface area (Å²) in [7, 11) is 0. The van der Waals surface area contributed by atoms with Gasteiger partial charge in [-0.2, -0.15) is 0 Å². The molecule has 0 bridgehead atoms. The van der Waals surface area contributed by atoms with Gasteiger partial charge in [-0.25, -0.2) is 0 Å². The molecule has 154 valence electrons. The molecule has 0 spiro atoms. The van der Waals surface area contributed by atoms with Crippen molar-refractivity contribution in [3.05, 3.63) is 0 Å². The molecule has 2 saturated carbocycles. The van der Waals surface area contributed by atoms with E-state index < -0.39 is 6.10 Å². The molecule has 27 heavy (non-hydrogen) atoms. The number of hydrogen-bond donors (Lipinski definition) is 2.